The van der Waals surface area contributed by atoms with Crippen molar-refractivity contribution in [1.82, 2.24) is 19.8 Å². The Morgan fingerprint density at radius 1 is 0.951 bits per heavy atom. The first kappa shape index (κ1) is 30.3. The van der Waals surface area contributed by atoms with Crippen molar-refractivity contribution < 1.29 is 0 Å². The highest BCUT2D eigenvalue weighted by Crippen LogP contribution is 2.52. The molecule has 1 aromatic heterocycles. The maximum absolute atomic E-state index is 13.2. The lowest BCUT2D eigenvalue weighted by Gasteiger charge is -2.36. The molecule has 1 spiro atoms. The van der Waals surface area contributed by atoms with E-state index < -0.39 is 0 Å². The second-order valence-corrected chi connectivity index (χ2v) is 12.3. The van der Waals surface area contributed by atoms with E-state index in [4.69, 9.17) is 16.6 Å². The largest absolute Gasteiger partial charge is 0.317 e. The van der Waals surface area contributed by atoms with Crippen LogP contribution in [0.2, 0.25) is 5.02 Å². The van der Waals surface area contributed by atoms with Crippen LogP contribution in [-0.2, 0) is 5.41 Å². The van der Waals surface area contributed by atoms with Gasteiger partial charge in [0.15, 0.2) is 0 Å². The number of halogens is 1. The Hall–Kier alpha value is -2.21. The number of piperidine rings is 2. The Balaban J connectivity index is 0.000000810. The molecule has 5 nitrogen and oxygen atoms in total. The fraction of sp³-hybridized carbons (Fsp3) is 0.600. The molecule has 3 fully saturated rings. The highest BCUT2D eigenvalue weighted by atomic mass is 35.5. The maximum atomic E-state index is 13.2. The second kappa shape index (κ2) is 13.4. The number of fused-ring (bicyclic) bond motifs is 7. The molecule has 0 unspecified atom stereocenters. The van der Waals surface area contributed by atoms with Gasteiger partial charge in [0.2, 0.25) is 0 Å². The standard InChI is InChI=1S/C31H37ClN4O.2C2H6/c32-25-5-4-6-26-28(25)29(37)34-30-31(13-2-1-3-14-31)24-8-7-23(19-27(24)36(26)30)22-11-17-35(18-12-22)20-21-9-15-33-16-10-21;2*1-2/h4-8,19,21-22,33H,1-3,9-18,20H2;2*1-2H3. The topological polar surface area (TPSA) is 50.2 Å². The van der Waals surface area contributed by atoms with Gasteiger partial charge in [-0.1, -0.05) is 76.8 Å². The summed E-state index contributed by atoms with van der Waals surface area (Å²) < 4.78 is 2.29. The van der Waals surface area contributed by atoms with Crippen molar-refractivity contribution in [3.05, 3.63) is 68.7 Å². The molecule has 2 saturated heterocycles. The summed E-state index contributed by atoms with van der Waals surface area (Å²) in [5, 5.41) is 4.54. The Labute approximate surface area is 251 Å². The van der Waals surface area contributed by atoms with Gasteiger partial charge in [0.05, 0.1) is 27.0 Å². The first-order valence-electron chi connectivity index (χ1n) is 16.4. The van der Waals surface area contributed by atoms with E-state index in [2.05, 4.69) is 33.0 Å². The number of likely N-dealkylation sites (tertiary alicyclic amines) is 1. The zero-order valence-electron chi connectivity index (χ0n) is 25.6. The summed E-state index contributed by atoms with van der Waals surface area (Å²) in [5.74, 6) is 2.38. The second-order valence-electron chi connectivity index (χ2n) is 11.9. The van der Waals surface area contributed by atoms with E-state index in [1.54, 1.807) is 6.07 Å². The minimum Gasteiger partial charge on any atom is -0.317 e. The zero-order valence-corrected chi connectivity index (χ0v) is 26.4. The monoisotopic (exact) mass is 576 g/mol. The Kier molecular flexibility index (Phi) is 9.89. The van der Waals surface area contributed by atoms with Gasteiger partial charge in [-0.3, -0.25) is 9.36 Å². The number of hydrogen-bond donors (Lipinski definition) is 1. The molecule has 1 saturated carbocycles. The van der Waals surface area contributed by atoms with Crippen molar-refractivity contribution in [3.8, 4) is 5.69 Å². The third kappa shape index (κ3) is 5.62. The van der Waals surface area contributed by atoms with E-state index in [9.17, 15) is 4.79 Å². The van der Waals surface area contributed by atoms with Crippen LogP contribution in [0, 0.1) is 5.92 Å². The predicted molar refractivity (Wildman–Crippen MR) is 173 cm³/mol. The lowest BCUT2D eigenvalue weighted by Crippen LogP contribution is -2.39. The fourth-order valence-corrected chi connectivity index (χ4v) is 8.08. The van der Waals surface area contributed by atoms with Gasteiger partial charge < -0.3 is 10.2 Å². The molecular weight excluding hydrogens is 528 g/mol. The van der Waals surface area contributed by atoms with Crippen molar-refractivity contribution >= 4 is 22.5 Å². The van der Waals surface area contributed by atoms with Crippen LogP contribution in [0.25, 0.3) is 16.6 Å². The van der Waals surface area contributed by atoms with Crippen molar-refractivity contribution in [1.29, 1.82) is 0 Å². The van der Waals surface area contributed by atoms with Crippen LogP contribution < -0.4 is 10.9 Å². The first-order valence-corrected chi connectivity index (χ1v) is 16.8. The molecule has 4 aliphatic rings. The van der Waals surface area contributed by atoms with Gasteiger partial charge in [-0.2, -0.15) is 4.98 Å². The van der Waals surface area contributed by atoms with Crippen LogP contribution in [0.1, 0.15) is 108 Å². The van der Waals surface area contributed by atoms with Gasteiger partial charge in [0.25, 0.3) is 5.56 Å². The van der Waals surface area contributed by atoms with Gasteiger partial charge in [0.1, 0.15) is 5.82 Å². The molecule has 0 radical (unpaired) electrons. The number of hydrogen-bond acceptors (Lipinski definition) is 4. The van der Waals surface area contributed by atoms with Crippen LogP contribution in [0.4, 0.5) is 0 Å². The number of aromatic nitrogens is 2. The summed E-state index contributed by atoms with van der Waals surface area (Å²) >= 11 is 6.54. The minimum absolute atomic E-state index is 0.153. The maximum Gasteiger partial charge on any atom is 0.282 e. The molecule has 0 atom stereocenters. The lowest BCUT2D eigenvalue weighted by molar-refractivity contribution is 0.167. The van der Waals surface area contributed by atoms with Crippen LogP contribution in [0.15, 0.2) is 41.2 Å². The lowest BCUT2D eigenvalue weighted by atomic mass is 9.69. The summed E-state index contributed by atoms with van der Waals surface area (Å²) in [6.45, 7) is 14.0. The van der Waals surface area contributed by atoms with Gasteiger partial charge in [-0.05, 0) is 106 Å². The molecule has 3 aliphatic heterocycles. The molecule has 0 bridgehead atoms. The van der Waals surface area contributed by atoms with E-state index in [1.807, 2.05) is 39.8 Å². The quantitative estimate of drug-likeness (QED) is 0.345. The summed E-state index contributed by atoms with van der Waals surface area (Å²) in [6.07, 6.45) is 10.8. The van der Waals surface area contributed by atoms with Crippen molar-refractivity contribution in [2.75, 3.05) is 32.7 Å². The third-order valence-corrected chi connectivity index (χ3v) is 10.1. The first-order chi connectivity index (χ1) is 20.1. The molecular formula is C35H49ClN4O. The van der Waals surface area contributed by atoms with E-state index in [1.165, 1.54) is 94.5 Å². The smallest absolute Gasteiger partial charge is 0.282 e. The molecule has 41 heavy (non-hydrogen) atoms. The van der Waals surface area contributed by atoms with Crippen molar-refractivity contribution in [2.24, 2.45) is 5.92 Å². The fourth-order valence-electron chi connectivity index (χ4n) is 7.83. The average molecular weight is 577 g/mol. The Bertz CT molecular complexity index is 1380. The van der Waals surface area contributed by atoms with Gasteiger partial charge in [-0.15, -0.1) is 0 Å². The Morgan fingerprint density at radius 3 is 2.37 bits per heavy atom. The van der Waals surface area contributed by atoms with Gasteiger partial charge in [0, 0.05) is 6.54 Å². The highest BCUT2D eigenvalue weighted by molar-refractivity contribution is 6.35. The van der Waals surface area contributed by atoms with Crippen LogP contribution in [-0.4, -0.2) is 47.2 Å². The van der Waals surface area contributed by atoms with Gasteiger partial charge in [-0.25, -0.2) is 0 Å². The summed E-state index contributed by atoms with van der Waals surface area (Å²) in [7, 11) is 0. The third-order valence-electron chi connectivity index (χ3n) is 9.81. The van der Waals surface area contributed by atoms with E-state index >= 15 is 0 Å². The van der Waals surface area contributed by atoms with Crippen LogP contribution in [0.3, 0.4) is 0 Å². The molecule has 7 rings (SSSR count). The minimum atomic E-state index is -0.189. The molecule has 0 amide bonds. The van der Waals surface area contributed by atoms with Gasteiger partial charge >= 0.3 is 0 Å². The number of rotatable bonds is 3. The van der Waals surface area contributed by atoms with E-state index in [-0.39, 0.29) is 11.0 Å². The summed E-state index contributed by atoms with van der Waals surface area (Å²) in [6, 6.07) is 13.0. The molecule has 1 N–H and O–H groups in total. The molecule has 2 aromatic carbocycles. The molecule has 222 valence electrons. The molecule has 6 heteroatoms. The summed E-state index contributed by atoms with van der Waals surface area (Å²) in [4.78, 5) is 20.7. The van der Waals surface area contributed by atoms with Crippen LogP contribution in [0.5, 0.6) is 0 Å². The average Bonchev–Trinajstić information content (AvgIpc) is 3.28. The van der Waals surface area contributed by atoms with Crippen LogP contribution >= 0.6 is 11.6 Å². The SMILES string of the molecule is CC.CC.O=c1nc2n(c3cccc(Cl)c13)-c1cc(C3CCN(CC4CCNCC4)CC3)ccc1C21CCCCC1. The van der Waals surface area contributed by atoms with E-state index in [0.29, 0.717) is 16.3 Å². The molecule has 1 aliphatic carbocycles. The number of nitrogens with zero attached hydrogens (tertiary/aromatic N) is 3. The van der Waals surface area contributed by atoms with Crippen molar-refractivity contribution in [2.45, 2.75) is 96.8 Å². The van der Waals surface area contributed by atoms with Crippen molar-refractivity contribution in [3.63, 3.8) is 0 Å². The molecule has 3 aromatic rings. The predicted octanol–water partition coefficient (Wildman–Crippen LogP) is 7.83. The number of benzene rings is 2. The zero-order chi connectivity index (χ0) is 29.0. The number of nitrogens with one attached hydrogen (secondary N) is 1. The summed E-state index contributed by atoms with van der Waals surface area (Å²) in [5.41, 5.74) is 4.59. The Morgan fingerprint density at radius 2 is 1.66 bits per heavy atom. The van der Waals surface area contributed by atoms with E-state index in [0.717, 1.165) is 30.1 Å². The molecule has 4 heterocycles. The normalized spacial score (nSPS) is 20.5. The highest BCUT2D eigenvalue weighted by Gasteiger charge is 2.46.